The lowest BCUT2D eigenvalue weighted by Gasteiger charge is -2.37. The molecule has 0 radical (unpaired) electrons. The van der Waals surface area contributed by atoms with Crippen molar-refractivity contribution in [2.75, 3.05) is 19.7 Å². The first-order valence-electron chi connectivity index (χ1n) is 10.5. The molecule has 0 saturated carbocycles. The molecule has 0 amide bonds. The number of ether oxygens (including phenoxy) is 1. The van der Waals surface area contributed by atoms with Crippen LogP contribution >= 0.6 is 0 Å². The lowest BCUT2D eigenvalue weighted by Crippen LogP contribution is -3.14. The van der Waals surface area contributed by atoms with Gasteiger partial charge in [0, 0.05) is 17.3 Å². The Bertz CT molecular complexity index is 979. The van der Waals surface area contributed by atoms with Crippen molar-refractivity contribution in [1.82, 2.24) is 4.57 Å². The highest BCUT2D eigenvalue weighted by atomic mass is 16.5. The normalized spacial score (nSPS) is 22.1. The largest absolute Gasteiger partial charge is 0.491 e. The molecule has 1 aromatic heterocycles. The lowest BCUT2D eigenvalue weighted by atomic mass is 9.89. The molecule has 0 fully saturated rings. The molecule has 1 unspecified atom stereocenters. The molecule has 28 heavy (non-hydrogen) atoms. The van der Waals surface area contributed by atoms with E-state index in [0.29, 0.717) is 12.6 Å². The van der Waals surface area contributed by atoms with Crippen LogP contribution in [0.1, 0.15) is 35.7 Å². The maximum absolute atomic E-state index is 10.6. The van der Waals surface area contributed by atoms with Gasteiger partial charge in [-0.15, -0.1) is 0 Å². The van der Waals surface area contributed by atoms with Crippen LogP contribution in [0.3, 0.4) is 0 Å². The van der Waals surface area contributed by atoms with Crippen LogP contribution in [0.15, 0.2) is 48.5 Å². The Kier molecular flexibility index (Phi) is 4.61. The Morgan fingerprint density at radius 3 is 2.93 bits per heavy atom. The minimum atomic E-state index is -0.446. The van der Waals surface area contributed by atoms with Gasteiger partial charge in [-0.3, -0.25) is 0 Å². The van der Waals surface area contributed by atoms with Crippen LogP contribution < -0.4 is 9.64 Å². The van der Waals surface area contributed by atoms with E-state index in [9.17, 15) is 5.11 Å². The highest BCUT2D eigenvalue weighted by Gasteiger charge is 2.38. The van der Waals surface area contributed by atoms with Crippen LogP contribution in [0.2, 0.25) is 0 Å². The summed E-state index contributed by atoms with van der Waals surface area (Å²) in [6.45, 7) is 5.39. The van der Waals surface area contributed by atoms with Crippen LogP contribution in [0.4, 0.5) is 0 Å². The number of quaternary nitrogens is 1. The van der Waals surface area contributed by atoms with Crippen molar-refractivity contribution in [1.29, 1.82) is 0 Å². The summed E-state index contributed by atoms with van der Waals surface area (Å²) in [7, 11) is 0. The number of hydrogen-bond donors (Lipinski definition) is 2. The van der Waals surface area contributed by atoms with E-state index in [4.69, 9.17) is 4.74 Å². The molecule has 2 heterocycles. The smallest absolute Gasteiger partial charge is 0.137 e. The summed E-state index contributed by atoms with van der Waals surface area (Å²) < 4.78 is 8.34. The first kappa shape index (κ1) is 17.8. The fourth-order valence-corrected chi connectivity index (χ4v) is 5.22. The van der Waals surface area contributed by atoms with E-state index in [2.05, 4.69) is 29.7 Å². The summed E-state index contributed by atoms with van der Waals surface area (Å²) in [5, 5.41) is 12.1. The van der Waals surface area contributed by atoms with E-state index in [0.717, 1.165) is 25.4 Å². The third-order valence-electron chi connectivity index (χ3n) is 6.45. The zero-order chi connectivity index (χ0) is 19.1. The van der Waals surface area contributed by atoms with Gasteiger partial charge < -0.3 is 19.3 Å². The molecular formula is C24H29N2O2+. The summed E-state index contributed by atoms with van der Waals surface area (Å²) in [6.07, 6.45) is 3.19. The second kappa shape index (κ2) is 7.26. The molecule has 2 aromatic carbocycles. The quantitative estimate of drug-likeness (QED) is 0.718. The molecular weight excluding hydrogens is 348 g/mol. The van der Waals surface area contributed by atoms with Crippen molar-refractivity contribution in [3.63, 3.8) is 0 Å². The summed E-state index contributed by atoms with van der Waals surface area (Å²) in [5.74, 6) is 0.825. The summed E-state index contributed by atoms with van der Waals surface area (Å²) >= 11 is 0. The van der Waals surface area contributed by atoms with Gasteiger partial charge >= 0.3 is 0 Å². The number of rotatable bonds is 5. The first-order valence-corrected chi connectivity index (χ1v) is 10.5. The van der Waals surface area contributed by atoms with Gasteiger partial charge in [0.2, 0.25) is 0 Å². The van der Waals surface area contributed by atoms with Crippen molar-refractivity contribution in [2.45, 2.75) is 44.9 Å². The van der Waals surface area contributed by atoms with Gasteiger partial charge in [-0.25, -0.2) is 0 Å². The molecule has 0 saturated heterocycles. The predicted octanol–water partition coefficient (Wildman–Crippen LogP) is 2.67. The number of fused-ring (bicyclic) bond motifs is 3. The highest BCUT2D eigenvalue weighted by Crippen LogP contribution is 2.37. The molecule has 4 heteroatoms. The van der Waals surface area contributed by atoms with Gasteiger partial charge in [-0.1, -0.05) is 29.8 Å². The van der Waals surface area contributed by atoms with Gasteiger partial charge in [0.25, 0.3) is 0 Å². The van der Waals surface area contributed by atoms with Gasteiger partial charge in [-0.05, 0) is 49.6 Å². The summed E-state index contributed by atoms with van der Waals surface area (Å²) in [4.78, 5) is 1.51. The molecule has 1 aliphatic carbocycles. The summed E-state index contributed by atoms with van der Waals surface area (Å²) in [5.41, 5.74) is 5.83. The van der Waals surface area contributed by atoms with Crippen molar-refractivity contribution in [3.8, 4) is 5.75 Å². The standard InChI is InChI=1S/C24H28N2O2/c1-17-10-11-22-21(14-17)20-8-5-9-23-24(20)26(22)13-12-25(23)15-18(27)16-28-19-6-3-2-4-7-19/h2-4,6-7,10-11,14,18,23,27H,5,8-9,12-13,15-16H2,1H3/p+1/t18-,23+/m0/s1. The summed E-state index contributed by atoms with van der Waals surface area (Å²) in [6, 6.07) is 17.2. The van der Waals surface area contributed by atoms with Gasteiger partial charge in [-0.2, -0.15) is 0 Å². The Hall–Kier alpha value is -2.30. The van der Waals surface area contributed by atoms with Crippen molar-refractivity contribution < 1.29 is 14.7 Å². The molecule has 0 spiro atoms. The van der Waals surface area contributed by atoms with E-state index in [1.807, 2.05) is 30.3 Å². The predicted molar refractivity (Wildman–Crippen MR) is 111 cm³/mol. The van der Waals surface area contributed by atoms with E-state index in [-0.39, 0.29) is 0 Å². The lowest BCUT2D eigenvalue weighted by molar-refractivity contribution is -0.939. The molecule has 4 nitrogen and oxygen atoms in total. The third-order valence-corrected chi connectivity index (χ3v) is 6.45. The number of aliphatic hydroxyl groups excluding tert-OH is 1. The maximum Gasteiger partial charge on any atom is 0.137 e. The van der Waals surface area contributed by atoms with Crippen LogP contribution in [-0.4, -0.2) is 35.5 Å². The van der Waals surface area contributed by atoms with E-state index >= 15 is 0 Å². The monoisotopic (exact) mass is 377 g/mol. The van der Waals surface area contributed by atoms with E-state index in [1.165, 1.54) is 46.3 Å². The molecule has 2 N–H and O–H groups in total. The Labute approximate surface area is 166 Å². The van der Waals surface area contributed by atoms with E-state index in [1.54, 1.807) is 5.56 Å². The minimum absolute atomic E-state index is 0.356. The molecule has 2 aliphatic rings. The molecule has 3 atom stereocenters. The molecule has 0 bridgehead atoms. The number of aromatic nitrogens is 1. The molecule has 3 aromatic rings. The molecule has 5 rings (SSSR count). The number of aryl methyl sites for hydroxylation is 2. The SMILES string of the molecule is Cc1ccc2c(c1)c1c3n2CC[NH+](C[C@H](O)COc2ccccc2)[C@@H]3CCC1. The number of nitrogens with one attached hydrogen (secondary N) is 1. The van der Waals surface area contributed by atoms with Crippen molar-refractivity contribution in [2.24, 2.45) is 0 Å². The van der Waals surface area contributed by atoms with Crippen LogP contribution in [-0.2, 0) is 13.0 Å². The third kappa shape index (κ3) is 3.11. The maximum atomic E-state index is 10.6. The Morgan fingerprint density at radius 2 is 2.07 bits per heavy atom. The highest BCUT2D eigenvalue weighted by molar-refractivity contribution is 5.86. The second-order valence-corrected chi connectivity index (χ2v) is 8.37. The average Bonchev–Trinajstić information content (AvgIpc) is 3.04. The number of nitrogens with zero attached hydrogens (tertiary/aromatic N) is 1. The minimum Gasteiger partial charge on any atom is -0.491 e. The molecule has 146 valence electrons. The van der Waals surface area contributed by atoms with Gasteiger partial charge in [0.05, 0.1) is 18.8 Å². The van der Waals surface area contributed by atoms with Crippen molar-refractivity contribution >= 4 is 10.9 Å². The zero-order valence-corrected chi connectivity index (χ0v) is 16.5. The fraction of sp³-hybridized carbons (Fsp3) is 0.417. The fourth-order valence-electron chi connectivity index (χ4n) is 5.22. The average molecular weight is 378 g/mol. The molecule has 1 aliphatic heterocycles. The van der Waals surface area contributed by atoms with Crippen LogP contribution in [0, 0.1) is 6.92 Å². The number of hydrogen-bond acceptors (Lipinski definition) is 2. The van der Waals surface area contributed by atoms with Crippen molar-refractivity contribution in [3.05, 3.63) is 65.4 Å². The Morgan fingerprint density at radius 1 is 1.21 bits per heavy atom. The van der Waals surface area contributed by atoms with Gasteiger partial charge in [0.1, 0.15) is 31.0 Å². The number of benzene rings is 2. The number of aliphatic hydroxyl groups is 1. The zero-order valence-electron chi connectivity index (χ0n) is 16.5. The Balaban J connectivity index is 1.36. The number of para-hydroxylation sites is 1. The second-order valence-electron chi connectivity index (χ2n) is 8.37. The topological polar surface area (TPSA) is 38.8 Å². The van der Waals surface area contributed by atoms with Crippen LogP contribution in [0.5, 0.6) is 5.75 Å². The van der Waals surface area contributed by atoms with Gasteiger partial charge in [0.15, 0.2) is 0 Å². The van der Waals surface area contributed by atoms with Crippen LogP contribution in [0.25, 0.3) is 10.9 Å². The first-order chi connectivity index (χ1) is 13.7. The van der Waals surface area contributed by atoms with E-state index < -0.39 is 6.10 Å².